The van der Waals surface area contributed by atoms with Gasteiger partial charge in [-0.2, -0.15) is 0 Å². The van der Waals surface area contributed by atoms with Crippen LogP contribution in [0.25, 0.3) is 0 Å². The molecule has 0 radical (unpaired) electrons. The van der Waals surface area contributed by atoms with Crippen LogP contribution in [-0.4, -0.2) is 28.0 Å². The lowest BCUT2D eigenvalue weighted by Crippen LogP contribution is -2.34. The van der Waals surface area contributed by atoms with Crippen molar-refractivity contribution in [2.24, 2.45) is 10.9 Å². The lowest BCUT2D eigenvalue weighted by Gasteiger charge is -2.22. The van der Waals surface area contributed by atoms with E-state index in [1.807, 2.05) is 49.4 Å². The molecule has 1 aliphatic rings. The minimum absolute atomic E-state index is 0.409. The van der Waals surface area contributed by atoms with Crippen molar-refractivity contribution in [2.45, 2.75) is 51.3 Å². The monoisotopic (exact) mass is 455 g/mol. The lowest BCUT2D eigenvalue weighted by atomic mass is 9.93. The summed E-state index contributed by atoms with van der Waals surface area (Å²) in [5.41, 5.74) is 2.53. The Morgan fingerprint density at radius 3 is 2.48 bits per heavy atom. The van der Waals surface area contributed by atoms with Gasteiger partial charge in [0.05, 0.1) is 16.6 Å². The van der Waals surface area contributed by atoms with Crippen molar-refractivity contribution in [1.82, 2.24) is 5.32 Å². The number of nitrogens with zero attached hydrogens (tertiary/aromatic N) is 2. The third-order valence-electron chi connectivity index (χ3n) is 5.75. The Labute approximate surface area is 194 Å². The predicted molar refractivity (Wildman–Crippen MR) is 137 cm³/mol. The van der Waals surface area contributed by atoms with Gasteiger partial charge in [-0.3, -0.25) is 4.21 Å². The van der Waals surface area contributed by atoms with Crippen LogP contribution in [0.5, 0.6) is 0 Å². The molecule has 0 bridgehead atoms. The highest BCUT2D eigenvalue weighted by Crippen LogP contribution is 2.31. The van der Waals surface area contributed by atoms with Gasteiger partial charge in [-0.15, -0.1) is 0 Å². The molecule has 6 heteroatoms. The molecule has 4 nitrogen and oxygen atoms in total. The third-order valence-corrected chi connectivity index (χ3v) is 7.45. The zero-order valence-corrected chi connectivity index (χ0v) is 20.6. The Bertz CT molecular complexity index is 958. The van der Waals surface area contributed by atoms with E-state index in [4.69, 9.17) is 17.2 Å². The average molecular weight is 456 g/mol. The standard InChI is InChI=1S/C25H33N3OS2/c1-19(2)12-10-11-17-28(4)22-16-9-8-13-20(22)18-31(29)24-26-23(30)25(3,27-24)21-14-6-5-7-15-21/h5-9,13-16,19H,10-12,17-18H2,1-4H3,(H,26,27,30). The van der Waals surface area contributed by atoms with E-state index in [1.54, 1.807) is 0 Å². The molecule has 0 saturated heterocycles. The molecule has 166 valence electrons. The molecule has 0 spiro atoms. The highest BCUT2D eigenvalue weighted by Gasteiger charge is 2.38. The molecule has 1 N–H and O–H groups in total. The maximum absolute atomic E-state index is 13.2. The normalized spacial score (nSPS) is 19.3. The average Bonchev–Trinajstić information content (AvgIpc) is 3.08. The number of aliphatic imine (C=N–C) groups is 1. The van der Waals surface area contributed by atoms with Gasteiger partial charge in [0.25, 0.3) is 0 Å². The van der Waals surface area contributed by atoms with Crippen LogP contribution >= 0.6 is 12.2 Å². The number of thiocarbonyl (C=S) groups is 1. The summed E-state index contributed by atoms with van der Waals surface area (Å²) >= 11 is 5.57. The van der Waals surface area contributed by atoms with Crippen LogP contribution in [0.2, 0.25) is 0 Å². The van der Waals surface area contributed by atoms with E-state index in [-0.39, 0.29) is 0 Å². The summed E-state index contributed by atoms with van der Waals surface area (Å²) in [6.07, 6.45) is 3.64. The summed E-state index contributed by atoms with van der Waals surface area (Å²) in [6.45, 7) is 7.50. The highest BCUT2D eigenvalue weighted by atomic mass is 32.2. The maximum atomic E-state index is 13.2. The van der Waals surface area contributed by atoms with Gasteiger partial charge in [0.15, 0.2) is 5.17 Å². The minimum atomic E-state index is -1.30. The van der Waals surface area contributed by atoms with E-state index < -0.39 is 16.3 Å². The Balaban J connectivity index is 1.71. The van der Waals surface area contributed by atoms with Crippen LogP contribution < -0.4 is 10.2 Å². The van der Waals surface area contributed by atoms with Crippen molar-refractivity contribution in [1.29, 1.82) is 0 Å². The summed E-state index contributed by atoms with van der Waals surface area (Å²) in [6, 6.07) is 18.1. The number of unbranched alkanes of at least 4 members (excludes halogenated alkanes) is 1. The van der Waals surface area contributed by atoms with Crippen LogP contribution in [0.15, 0.2) is 59.6 Å². The largest absolute Gasteiger partial charge is 0.374 e. The molecule has 0 aromatic heterocycles. The Morgan fingerprint density at radius 2 is 1.77 bits per heavy atom. The quantitative estimate of drug-likeness (QED) is 0.406. The lowest BCUT2D eigenvalue weighted by molar-refractivity contribution is 0.538. The first-order valence-electron chi connectivity index (χ1n) is 11.0. The van der Waals surface area contributed by atoms with Crippen LogP contribution in [-0.2, 0) is 22.1 Å². The van der Waals surface area contributed by atoms with Gasteiger partial charge in [-0.25, -0.2) is 4.99 Å². The number of benzene rings is 2. The van der Waals surface area contributed by atoms with Crippen molar-refractivity contribution in [3.05, 3.63) is 65.7 Å². The number of rotatable bonds is 9. The molecule has 2 atom stereocenters. The number of anilines is 1. The van der Waals surface area contributed by atoms with E-state index in [0.29, 0.717) is 15.9 Å². The van der Waals surface area contributed by atoms with E-state index >= 15 is 0 Å². The molecule has 1 aliphatic heterocycles. The van der Waals surface area contributed by atoms with E-state index in [1.165, 1.54) is 12.8 Å². The maximum Gasteiger partial charge on any atom is 0.194 e. The first-order chi connectivity index (χ1) is 14.8. The summed E-state index contributed by atoms with van der Waals surface area (Å²) in [5, 5.41) is 3.60. The van der Waals surface area contributed by atoms with Gasteiger partial charge in [-0.05, 0) is 36.5 Å². The van der Waals surface area contributed by atoms with Gasteiger partial charge in [0, 0.05) is 19.3 Å². The molecular formula is C25H33N3OS2. The first kappa shape index (κ1) is 23.6. The number of hydrogen-bond donors (Lipinski definition) is 1. The fraction of sp³-hybridized carbons (Fsp3) is 0.440. The molecule has 2 aromatic rings. The third kappa shape index (κ3) is 5.80. The van der Waals surface area contributed by atoms with Crippen molar-refractivity contribution >= 4 is 38.9 Å². The fourth-order valence-electron chi connectivity index (χ4n) is 3.80. The van der Waals surface area contributed by atoms with E-state index in [0.717, 1.165) is 35.7 Å². The highest BCUT2D eigenvalue weighted by molar-refractivity contribution is 8.00. The number of hydrogen-bond acceptors (Lipinski definition) is 4. The summed E-state index contributed by atoms with van der Waals surface area (Å²) in [5.74, 6) is 1.15. The Kier molecular flexibility index (Phi) is 8.00. The second-order valence-corrected chi connectivity index (χ2v) is 10.5. The summed E-state index contributed by atoms with van der Waals surface area (Å²) < 4.78 is 13.2. The fourth-order valence-corrected chi connectivity index (χ4v) is 5.29. The SMILES string of the molecule is CC(C)CCCCN(C)c1ccccc1CS(=O)C1=NC(C)(c2ccccc2)C(=S)N1. The molecule has 0 saturated carbocycles. The number of para-hydroxylation sites is 1. The van der Waals surface area contributed by atoms with Gasteiger partial charge < -0.3 is 10.2 Å². The van der Waals surface area contributed by atoms with Crippen molar-refractivity contribution in [3.63, 3.8) is 0 Å². The van der Waals surface area contributed by atoms with Crippen LogP contribution in [0.1, 0.15) is 51.2 Å². The Hall–Kier alpha value is -2.05. The summed E-state index contributed by atoms with van der Waals surface area (Å²) in [7, 11) is 0.812. The van der Waals surface area contributed by atoms with Gasteiger partial charge in [-0.1, -0.05) is 87.4 Å². The van der Waals surface area contributed by atoms with Crippen LogP contribution in [0.4, 0.5) is 5.69 Å². The van der Waals surface area contributed by atoms with Crippen molar-refractivity contribution < 1.29 is 4.21 Å². The zero-order chi connectivity index (χ0) is 22.4. The van der Waals surface area contributed by atoms with Gasteiger partial charge in [0.2, 0.25) is 0 Å². The minimum Gasteiger partial charge on any atom is -0.374 e. The molecule has 0 amide bonds. The molecule has 0 aliphatic carbocycles. The summed E-state index contributed by atoms with van der Waals surface area (Å²) in [4.78, 5) is 7.64. The second-order valence-electron chi connectivity index (χ2n) is 8.74. The van der Waals surface area contributed by atoms with Crippen LogP contribution in [0, 0.1) is 5.92 Å². The van der Waals surface area contributed by atoms with Gasteiger partial charge >= 0.3 is 0 Å². The first-order valence-corrected chi connectivity index (χ1v) is 12.7. The van der Waals surface area contributed by atoms with Crippen LogP contribution in [0.3, 0.4) is 0 Å². The van der Waals surface area contributed by atoms with Crippen molar-refractivity contribution in [3.8, 4) is 0 Å². The predicted octanol–water partition coefficient (Wildman–Crippen LogP) is 5.40. The molecular weight excluding hydrogens is 422 g/mol. The molecule has 2 unspecified atom stereocenters. The number of nitrogens with one attached hydrogen (secondary N) is 1. The molecule has 31 heavy (non-hydrogen) atoms. The molecule has 3 rings (SSSR count). The smallest absolute Gasteiger partial charge is 0.194 e. The zero-order valence-electron chi connectivity index (χ0n) is 18.9. The molecule has 2 aromatic carbocycles. The molecule has 0 fully saturated rings. The van der Waals surface area contributed by atoms with Gasteiger partial charge in [0.1, 0.15) is 10.5 Å². The van der Waals surface area contributed by atoms with Crippen molar-refractivity contribution in [2.75, 3.05) is 18.5 Å². The Morgan fingerprint density at radius 1 is 1.10 bits per heavy atom. The molecule has 1 heterocycles. The topological polar surface area (TPSA) is 44.7 Å². The second kappa shape index (κ2) is 10.5. The number of amidine groups is 1. The van der Waals surface area contributed by atoms with E-state index in [2.05, 4.69) is 43.2 Å². The van der Waals surface area contributed by atoms with E-state index in [9.17, 15) is 4.21 Å².